The van der Waals surface area contributed by atoms with Crippen LogP contribution in [0.4, 0.5) is 0 Å². The van der Waals surface area contributed by atoms with E-state index in [9.17, 15) is 4.79 Å². The maximum Gasteiger partial charge on any atom is 0.272 e. The summed E-state index contributed by atoms with van der Waals surface area (Å²) in [6.07, 6.45) is 3.77. The molecule has 1 saturated heterocycles. The van der Waals surface area contributed by atoms with Crippen molar-refractivity contribution in [2.45, 2.75) is 18.9 Å². The van der Waals surface area contributed by atoms with Gasteiger partial charge in [0.05, 0.1) is 0 Å². The van der Waals surface area contributed by atoms with E-state index in [0.29, 0.717) is 11.7 Å². The number of aryl methyl sites for hydroxylation is 1. The van der Waals surface area contributed by atoms with Gasteiger partial charge < -0.3 is 9.80 Å². The summed E-state index contributed by atoms with van der Waals surface area (Å²) < 4.78 is 1.63. The van der Waals surface area contributed by atoms with E-state index in [4.69, 9.17) is 0 Å². The molecule has 0 bridgehead atoms. The highest BCUT2D eigenvalue weighted by atomic mass is 16.2. The van der Waals surface area contributed by atoms with Gasteiger partial charge in [0.1, 0.15) is 5.69 Å². The molecular weight excluding hydrogens is 216 g/mol. The fraction of sp³-hybridized carbons (Fsp3) is 0.667. The Labute approximate surface area is 102 Å². The average Bonchev–Trinajstić information content (AvgIpc) is 2.74. The highest BCUT2D eigenvalue weighted by Crippen LogP contribution is 2.16. The quantitative estimate of drug-likeness (QED) is 0.754. The molecule has 0 unspecified atom stereocenters. The second-order valence-corrected chi connectivity index (χ2v) is 4.79. The number of amides is 1. The molecule has 1 aliphatic heterocycles. The van der Waals surface area contributed by atoms with E-state index in [-0.39, 0.29) is 5.91 Å². The fourth-order valence-corrected chi connectivity index (χ4v) is 2.31. The van der Waals surface area contributed by atoms with Crippen LogP contribution >= 0.6 is 0 Å². The van der Waals surface area contributed by atoms with Crippen molar-refractivity contribution in [3.05, 3.63) is 18.0 Å². The zero-order chi connectivity index (χ0) is 12.4. The SMILES string of the molecule is CN1CCC(N(C)C(=O)c2ccnn2C)CC1. The number of carbonyl (C=O) groups is 1. The van der Waals surface area contributed by atoms with Crippen LogP contribution in [0.1, 0.15) is 23.3 Å². The number of piperidine rings is 1. The summed E-state index contributed by atoms with van der Waals surface area (Å²) >= 11 is 0. The Morgan fingerprint density at radius 2 is 2.06 bits per heavy atom. The van der Waals surface area contributed by atoms with Crippen molar-refractivity contribution in [1.82, 2.24) is 19.6 Å². The Morgan fingerprint density at radius 1 is 1.41 bits per heavy atom. The minimum atomic E-state index is 0.0690. The van der Waals surface area contributed by atoms with E-state index >= 15 is 0 Å². The largest absolute Gasteiger partial charge is 0.337 e. The third-order valence-corrected chi connectivity index (χ3v) is 3.60. The molecule has 94 valence electrons. The molecule has 1 aromatic heterocycles. The van der Waals surface area contributed by atoms with Gasteiger partial charge in [0.2, 0.25) is 0 Å². The van der Waals surface area contributed by atoms with E-state index in [1.807, 2.05) is 11.9 Å². The number of hydrogen-bond donors (Lipinski definition) is 0. The molecular formula is C12H20N4O. The van der Waals surface area contributed by atoms with Crippen molar-refractivity contribution < 1.29 is 4.79 Å². The summed E-state index contributed by atoms with van der Waals surface area (Å²) in [5.41, 5.74) is 0.659. The Morgan fingerprint density at radius 3 is 2.59 bits per heavy atom. The van der Waals surface area contributed by atoms with Gasteiger partial charge in [-0.05, 0) is 39.0 Å². The van der Waals surface area contributed by atoms with Gasteiger partial charge in [-0.2, -0.15) is 5.10 Å². The summed E-state index contributed by atoms with van der Waals surface area (Å²) in [4.78, 5) is 16.4. The molecule has 0 saturated carbocycles. The van der Waals surface area contributed by atoms with Crippen LogP contribution in [-0.2, 0) is 7.05 Å². The van der Waals surface area contributed by atoms with Crippen LogP contribution in [0.25, 0.3) is 0 Å². The van der Waals surface area contributed by atoms with Crippen LogP contribution in [0, 0.1) is 0 Å². The normalized spacial score (nSPS) is 18.3. The Balaban J connectivity index is 2.03. The summed E-state index contributed by atoms with van der Waals surface area (Å²) in [6, 6.07) is 2.13. The second kappa shape index (κ2) is 4.87. The van der Waals surface area contributed by atoms with Crippen molar-refractivity contribution in [2.24, 2.45) is 7.05 Å². The van der Waals surface area contributed by atoms with Gasteiger partial charge in [0.25, 0.3) is 5.91 Å². The van der Waals surface area contributed by atoms with Gasteiger partial charge >= 0.3 is 0 Å². The summed E-state index contributed by atoms with van der Waals surface area (Å²) in [5.74, 6) is 0.0690. The molecule has 5 heteroatoms. The third-order valence-electron chi connectivity index (χ3n) is 3.60. The number of nitrogens with zero attached hydrogens (tertiary/aromatic N) is 4. The van der Waals surface area contributed by atoms with E-state index < -0.39 is 0 Å². The first kappa shape index (κ1) is 12.1. The summed E-state index contributed by atoms with van der Waals surface area (Å²) in [6.45, 7) is 2.13. The van der Waals surface area contributed by atoms with Crippen molar-refractivity contribution in [3.8, 4) is 0 Å². The van der Waals surface area contributed by atoms with Crippen LogP contribution in [-0.4, -0.2) is 58.7 Å². The number of rotatable bonds is 2. The lowest BCUT2D eigenvalue weighted by Crippen LogP contribution is -2.44. The topological polar surface area (TPSA) is 41.4 Å². The molecule has 2 rings (SSSR count). The van der Waals surface area contributed by atoms with Gasteiger partial charge in [0, 0.05) is 26.3 Å². The molecule has 1 aliphatic rings. The molecule has 0 atom stereocenters. The van der Waals surface area contributed by atoms with Gasteiger partial charge in [-0.1, -0.05) is 0 Å². The van der Waals surface area contributed by atoms with E-state index in [0.717, 1.165) is 25.9 Å². The van der Waals surface area contributed by atoms with Crippen LogP contribution in [0.3, 0.4) is 0 Å². The molecule has 0 aromatic carbocycles. The first-order valence-electron chi connectivity index (χ1n) is 6.03. The van der Waals surface area contributed by atoms with Crippen LogP contribution in [0.5, 0.6) is 0 Å². The van der Waals surface area contributed by atoms with Gasteiger partial charge in [-0.15, -0.1) is 0 Å². The number of hydrogen-bond acceptors (Lipinski definition) is 3. The lowest BCUT2D eigenvalue weighted by atomic mass is 10.0. The molecule has 5 nitrogen and oxygen atoms in total. The molecule has 0 spiro atoms. The molecule has 1 amide bonds. The minimum absolute atomic E-state index is 0.0690. The average molecular weight is 236 g/mol. The Bertz CT molecular complexity index is 393. The van der Waals surface area contributed by atoms with Crippen molar-refractivity contribution in [2.75, 3.05) is 27.2 Å². The smallest absolute Gasteiger partial charge is 0.272 e. The van der Waals surface area contributed by atoms with Gasteiger partial charge in [-0.3, -0.25) is 9.48 Å². The van der Waals surface area contributed by atoms with Gasteiger partial charge in [-0.25, -0.2) is 0 Å². The van der Waals surface area contributed by atoms with Crippen molar-refractivity contribution in [1.29, 1.82) is 0 Å². The maximum atomic E-state index is 12.3. The Kier molecular flexibility index (Phi) is 3.47. The maximum absolute atomic E-state index is 12.3. The standard InChI is InChI=1S/C12H20N4O/c1-14-8-5-10(6-9-14)15(2)12(17)11-4-7-13-16(11)3/h4,7,10H,5-6,8-9H2,1-3H3. The highest BCUT2D eigenvalue weighted by Gasteiger charge is 2.25. The fourth-order valence-electron chi connectivity index (χ4n) is 2.31. The molecule has 0 N–H and O–H groups in total. The van der Waals surface area contributed by atoms with E-state index in [2.05, 4.69) is 17.0 Å². The first-order chi connectivity index (χ1) is 8.09. The monoisotopic (exact) mass is 236 g/mol. The van der Waals surface area contributed by atoms with Gasteiger partial charge in [0.15, 0.2) is 0 Å². The number of carbonyl (C=O) groups excluding carboxylic acids is 1. The van der Waals surface area contributed by atoms with Crippen LogP contribution in [0.15, 0.2) is 12.3 Å². The Hall–Kier alpha value is -1.36. The van der Waals surface area contributed by atoms with Crippen LogP contribution < -0.4 is 0 Å². The summed E-state index contributed by atoms with van der Waals surface area (Å²) in [7, 11) is 5.82. The van der Waals surface area contributed by atoms with E-state index in [1.54, 1.807) is 24.0 Å². The summed E-state index contributed by atoms with van der Waals surface area (Å²) in [5, 5.41) is 4.04. The second-order valence-electron chi connectivity index (χ2n) is 4.79. The van der Waals surface area contributed by atoms with E-state index in [1.165, 1.54) is 0 Å². The predicted octanol–water partition coefficient (Wildman–Crippen LogP) is 0.586. The molecule has 0 radical (unpaired) electrons. The molecule has 0 aliphatic carbocycles. The third kappa shape index (κ3) is 2.49. The van der Waals surface area contributed by atoms with Crippen LogP contribution in [0.2, 0.25) is 0 Å². The molecule has 2 heterocycles. The zero-order valence-electron chi connectivity index (χ0n) is 10.8. The predicted molar refractivity (Wildman–Crippen MR) is 65.8 cm³/mol. The van der Waals surface area contributed by atoms with Crippen molar-refractivity contribution >= 4 is 5.91 Å². The highest BCUT2D eigenvalue weighted by molar-refractivity contribution is 5.92. The lowest BCUT2D eigenvalue weighted by molar-refractivity contribution is 0.0648. The van der Waals surface area contributed by atoms with Crippen molar-refractivity contribution in [3.63, 3.8) is 0 Å². The number of aromatic nitrogens is 2. The molecule has 17 heavy (non-hydrogen) atoms. The lowest BCUT2D eigenvalue weighted by Gasteiger charge is -2.35. The minimum Gasteiger partial charge on any atom is -0.337 e. The number of likely N-dealkylation sites (tertiary alicyclic amines) is 1. The molecule has 1 fully saturated rings. The molecule has 1 aromatic rings. The zero-order valence-corrected chi connectivity index (χ0v) is 10.8. The first-order valence-corrected chi connectivity index (χ1v) is 6.03.